The van der Waals surface area contributed by atoms with Gasteiger partial charge in [0.05, 0.1) is 23.1 Å². The minimum absolute atomic E-state index is 0.689. The molecule has 0 bridgehead atoms. The van der Waals surface area contributed by atoms with Gasteiger partial charge in [-0.1, -0.05) is 18.7 Å². The summed E-state index contributed by atoms with van der Waals surface area (Å²) in [5.41, 5.74) is 7.22. The predicted octanol–water partition coefficient (Wildman–Crippen LogP) is 4.73. The fraction of sp³-hybridized carbons (Fsp3) is 0.0417. The lowest BCUT2D eigenvalue weighted by Gasteiger charge is -2.05. The van der Waals surface area contributed by atoms with Crippen LogP contribution in [0.5, 0.6) is 0 Å². The van der Waals surface area contributed by atoms with Gasteiger partial charge in [-0.3, -0.25) is 20.1 Å². The first-order valence-electron chi connectivity index (χ1n) is 9.79. The molecule has 0 unspecified atom stereocenters. The molecule has 5 rings (SSSR count). The molecule has 31 heavy (non-hydrogen) atoms. The Bertz CT molecular complexity index is 1400. The Labute approximate surface area is 178 Å². The number of rotatable bonds is 5. The van der Waals surface area contributed by atoms with Crippen LogP contribution in [0, 0.1) is 6.92 Å². The number of aromatic nitrogens is 7. The van der Waals surface area contributed by atoms with Gasteiger partial charge in [-0.25, -0.2) is 4.98 Å². The topological polar surface area (TPSA) is 96.0 Å². The first kappa shape index (κ1) is 18.6. The molecule has 2 N–H and O–H groups in total. The zero-order chi connectivity index (χ0) is 21.2. The number of imidazole rings is 1. The summed E-state index contributed by atoms with van der Waals surface area (Å²) >= 11 is 0. The molecule has 7 heteroatoms. The lowest BCUT2D eigenvalue weighted by atomic mass is 10.0. The minimum atomic E-state index is 0.689. The van der Waals surface area contributed by atoms with Gasteiger partial charge in [0.25, 0.3) is 0 Å². The second-order valence-electron chi connectivity index (χ2n) is 7.03. The molecule has 0 fully saturated rings. The van der Waals surface area contributed by atoms with Crippen LogP contribution in [0.25, 0.3) is 39.3 Å². The Balaban J connectivity index is 1.62. The Hall–Kier alpha value is -4.39. The molecule has 0 saturated carbocycles. The van der Waals surface area contributed by atoms with Crippen LogP contribution < -0.4 is 0 Å². The summed E-state index contributed by atoms with van der Waals surface area (Å²) in [5.74, 6) is 0.689. The van der Waals surface area contributed by atoms with Crippen LogP contribution in [-0.4, -0.2) is 35.1 Å². The van der Waals surface area contributed by atoms with Crippen molar-refractivity contribution in [3.05, 3.63) is 97.0 Å². The molecule has 0 radical (unpaired) electrons. The molecular formula is C24H19N7. The number of pyridine rings is 3. The smallest absolute Gasteiger partial charge is 0.159 e. The van der Waals surface area contributed by atoms with Crippen LogP contribution >= 0.6 is 0 Å². The van der Waals surface area contributed by atoms with Gasteiger partial charge in [-0.05, 0) is 42.8 Å². The van der Waals surface area contributed by atoms with Crippen molar-refractivity contribution in [2.45, 2.75) is 6.92 Å². The summed E-state index contributed by atoms with van der Waals surface area (Å²) in [6.45, 7) is 5.86. The molecule has 7 nitrogen and oxygen atoms in total. The van der Waals surface area contributed by atoms with Crippen molar-refractivity contribution in [2.24, 2.45) is 0 Å². The van der Waals surface area contributed by atoms with Crippen LogP contribution in [0.1, 0.15) is 17.0 Å². The number of aryl methyl sites for hydroxylation is 1. The highest BCUT2D eigenvalue weighted by Gasteiger charge is 2.18. The molecule has 0 aliphatic heterocycles. The highest BCUT2D eigenvalue weighted by molar-refractivity contribution is 5.93. The van der Waals surface area contributed by atoms with Gasteiger partial charge in [0.2, 0.25) is 0 Å². The van der Waals surface area contributed by atoms with Crippen LogP contribution in [0.3, 0.4) is 0 Å². The normalized spacial score (nSPS) is 11.7. The van der Waals surface area contributed by atoms with E-state index < -0.39 is 0 Å². The van der Waals surface area contributed by atoms with Crippen molar-refractivity contribution >= 4 is 16.5 Å². The third-order valence-electron chi connectivity index (χ3n) is 5.06. The van der Waals surface area contributed by atoms with Crippen LogP contribution in [0.15, 0.2) is 80.0 Å². The van der Waals surface area contributed by atoms with E-state index in [2.05, 4.69) is 36.7 Å². The van der Waals surface area contributed by atoms with E-state index >= 15 is 0 Å². The molecule has 0 aliphatic rings. The molecule has 0 spiro atoms. The number of nitrogens with one attached hydrogen (secondary N) is 2. The van der Waals surface area contributed by atoms with Gasteiger partial charge in [0.1, 0.15) is 5.69 Å². The number of fused-ring (bicyclic) bond motifs is 1. The van der Waals surface area contributed by atoms with Crippen molar-refractivity contribution in [1.29, 1.82) is 0 Å². The Kier molecular flexibility index (Phi) is 4.68. The van der Waals surface area contributed by atoms with Crippen molar-refractivity contribution in [2.75, 3.05) is 0 Å². The van der Waals surface area contributed by atoms with Gasteiger partial charge >= 0.3 is 0 Å². The Morgan fingerprint density at radius 2 is 1.77 bits per heavy atom. The highest BCUT2D eigenvalue weighted by Crippen LogP contribution is 2.31. The number of allylic oxidation sites excluding steroid dienone is 2. The summed E-state index contributed by atoms with van der Waals surface area (Å²) in [6.07, 6.45) is 12.6. The molecule has 0 atom stereocenters. The zero-order valence-electron chi connectivity index (χ0n) is 16.9. The average molecular weight is 405 g/mol. The van der Waals surface area contributed by atoms with E-state index in [-0.39, 0.29) is 0 Å². The summed E-state index contributed by atoms with van der Waals surface area (Å²) in [7, 11) is 0. The van der Waals surface area contributed by atoms with E-state index in [1.807, 2.05) is 43.3 Å². The van der Waals surface area contributed by atoms with E-state index in [0.29, 0.717) is 5.82 Å². The maximum absolute atomic E-state index is 4.90. The lowest BCUT2D eigenvalue weighted by molar-refractivity contribution is 1.10. The van der Waals surface area contributed by atoms with Gasteiger partial charge < -0.3 is 4.98 Å². The minimum Gasteiger partial charge on any atom is -0.340 e. The van der Waals surface area contributed by atoms with Gasteiger partial charge in [-0.15, -0.1) is 0 Å². The highest BCUT2D eigenvalue weighted by atomic mass is 15.1. The second kappa shape index (κ2) is 7.79. The molecule has 5 heterocycles. The standard InChI is InChI=1S/C24H19N7/c1-3-4-18(16-5-9-25-10-6-16)22-15(2)28-24(29-22)23-19-13-20(17-7-11-26-12-8-17)27-14-21(19)30-31-23/h3-14H,1H2,2H3,(H,28,29)(H,30,31)/b18-4-. The van der Waals surface area contributed by atoms with Gasteiger partial charge in [-0.2, -0.15) is 5.10 Å². The molecular weight excluding hydrogens is 386 g/mol. The molecule has 0 amide bonds. The molecule has 0 aliphatic carbocycles. The number of hydrogen-bond donors (Lipinski definition) is 2. The summed E-state index contributed by atoms with van der Waals surface area (Å²) in [6, 6.07) is 9.80. The van der Waals surface area contributed by atoms with Crippen molar-refractivity contribution in [3.63, 3.8) is 0 Å². The molecule has 0 saturated heterocycles. The quantitative estimate of drug-likeness (QED) is 0.412. The molecule has 5 aromatic heterocycles. The third-order valence-corrected chi connectivity index (χ3v) is 5.06. The average Bonchev–Trinajstić information content (AvgIpc) is 3.41. The number of hydrogen-bond acceptors (Lipinski definition) is 5. The summed E-state index contributed by atoms with van der Waals surface area (Å²) in [5, 5.41) is 8.51. The van der Waals surface area contributed by atoms with Crippen molar-refractivity contribution in [3.8, 4) is 22.8 Å². The maximum Gasteiger partial charge on any atom is 0.159 e. The fourth-order valence-corrected chi connectivity index (χ4v) is 3.57. The molecule has 5 aromatic rings. The molecule has 0 aromatic carbocycles. The summed E-state index contributed by atoms with van der Waals surface area (Å²) in [4.78, 5) is 21.0. The van der Waals surface area contributed by atoms with E-state index in [1.54, 1.807) is 37.1 Å². The maximum atomic E-state index is 4.90. The van der Waals surface area contributed by atoms with Crippen LogP contribution in [-0.2, 0) is 0 Å². The predicted molar refractivity (Wildman–Crippen MR) is 121 cm³/mol. The fourth-order valence-electron chi connectivity index (χ4n) is 3.57. The second-order valence-corrected chi connectivity index (χ2v) is 7.03. The van der Waals surface area contributed by atoms with E-state index in [9.17, 15) is 0 Å². The third kappa shape index (κ3) is 3.42. The number of nitrogens with zero attached hydrogens (tertiary/aromatic N) is 5. The summed E-state index contributed by atoms with van der Waals surface area (Å²) < 4.78 is 0. The van der Waals surface area contributed by atoms with Crippen LogP contribution in [0.4, 0.5) is 0 Å². The van der Waals surface area contributed by atoms with Crippen molar-refractivity contribution in [1.82, 2.24) is 35.1 Å². The largest absolute Gasteiger partial charge is 0.340 e. The lowest BCUT2D eigenvalue weighted by Crippen LogP contribution is -1.91. The first-order valence-corrected chi connectivity index (χ1v) is 9.79. The number of aromatic amines is 2. The van der Waals surface area contributed by atoms with Crippen molar-refractivity contribution < 1.29 is 0 Å². The van der Waals surface area contributed by atoms with E-state index in [0.717, 1.165) is 50.4 Å². The SMILES string of the molecule is C=C/C=C(/c1ccncc1)c1nc(-c2n[nH]c3cnc(-c4ccncc4)cc23)[nH]c1C. The Morgan fingerprint density at radius 1 is 1.03 bits per heavy atom. The monoisotopic (exact) mass is 405 g/mol. The van der Waals surface area contributed by atoms with Gasteiger partial charge in [0, 0.05) is 47.0 Å². The van der Waals surface area contributed by atoms with E-state index in [4.69, 9.17) is 4.98 Å². The van der Waals surface area contributed by atoms with Gasteiger partial charge in [0.15, 0.2) is 5.82 Å². The Morgan fingerprint density at radius 3 is 2.52 bits per heavy atom. The first-order chi connectivity index (χ1) is 15.2. The number of H-pyrrole nitrogens is 2. The van der Waals surface area contributed by atoms with Crippen LogP contribution in [0.2, 0.25) is 0 Å². The van der Waals surface area contributed by atoms with E-state index in [1.165, 1.54) is 0 Å². The molecule has 150 valence electrons. The zero-order valence-corrected chi connectivity index (χ0v) is 16.9.